The average molecular weight is 328 g/mol. The van der Waals surface area contributed by atoms with Crippen molar-refractivity contribution in [3.8, 4) is 5.75 Å². The summed E-state index contributed by atoms with van der Waals surface area (Å²) < 4.78 is 10.1. The average Bonchev–Trinajstić information content (AvgIpc) is 2.95. The van der Waals surface area contributed by atoms with Crippen molar-refractivity contribution in [2.45, 2.75) is 6.92 Å². The summed E-state index contributed by atoms with van der Waals surface area (Å²) in [6.07, 6.45) is 1.82. The normalized spacial score (nSPS) is 11.8. The third kappa shape index (κ3) is 1.71. The molecule has 122 valence electrons. The maximum absolute atomic E-state index is 5.55. The van der Waals surface area contributed by atoms with Crippen LogP contribution in [0.4, 0.5) is 0 Å². The van der Waals surface area contributed by atoms with E-state index in [2.05, 4.69) is 71.5 Å². The van der Waals surface area contributed by atoms with E-state index in [1.54, 1.807) is 7.11 Å². The fourth-order valence-electron chi connectivity index (χ4n) is 3.98. The molecule has 0 unspecified atom stereocenters. The van der Waals surface area contributed by atoms with E-state index in [1.165, 1.54) is 16.6 Å². The Kier molecular flexibility index (Phi) is 2.80. The SMILES string of the molecule is COc1cnc2c3ccccc3n3c4ccccc4[n+](C)c3c2c1C. The summed E-state index contributed by atoms with van der Waals surface area (Å²) in [5.41, 5.74) is 6.82. The second-order valence-electron chi connectivity index (χ2n) is 6.40. The number of fused-ring (bicyclic) bond motifs is 8. The molecule has 3 aromatic heterocycles. The minimum atomic E-state index is 0.815. The van der Waals surface area contributed by atoms with Gasteiger partial charge in [-0.15, -0.1) is 0 Å². The molecular weight excluding hydrogens is 310 g/mol. The number of imidazole rings is 1. The van der Waals surface area contributed by atoms with E-state index >= 15 is 0 Å². The van der Waals surface area contributed by atoms with Crippen molar-refractivity contribution >= 4 is 38.5 Å². The minimum Gasteiger partial charge on any atom is -0.495 e. The van der Waals surface area contributed by atoms with E-state index in [0.717, 1.165) is 33.2 Å². The molecule has 25 heavy (non-hydrogen) atoms. The van der Waals surface area contributed by atoms with Crippen molar-refractivity contribution in [1.29, 1.82) is 0 Å². The third-order valence-corrected chi connectivity index (χ3v) is 5.15. The van der Waals surface area contributed by atoms with Gasteiger partial charge >= 0.3 is 0 Å². The zero-order valence-corrected chi connectivity index (χ0v) is 14.4. The highest BCUT2D eigenvalue weighted by Gasteiger charge is 2.25. The predicted octanol–water partition coefficient (Wildman–Crippen LogP) is 3.94. The highest BCUT2D eigenvalue weighted by Crippen LogP contribution is 2.34. The van der Waals surface area contributed by atoms with Gasteiger partial charge in [0.25, 0.3) is 5.65 Å². The van der Waals surface area contributed by atoms with E-state index < -0.39 is 0 Å². The highest BCUT2D eigenvalue weighted by molar-refractivity contribution is 6.12. The topological polar surface area (TPSA) is 30.4 Å². The first kappa shape index (κ1) is 14.2. The number of para-hydroxylation sites is 3. The molecule has 0 saturated heterocycles. The van der Waals surface area contributed by atoms with Gasteiger partial charge in [0.05, 0.1) is 31.3 Å². The highest BCUT2D eigenvalue weighted by atomic mass is 16.5. The standard InChI is InChI=1S/C21H18N3O/c1-13-18(25-3)12-22-20-14-8-4-5-9-15(14)24-17-11-7-6-10-16(17)23(2)21(24)19(13)20/h4-12H,1-3H3/q+1. The van der Waals surface area contributed by atoms with Gasteiger partial charge in [-0.05, 0) is 31.2 Å². The Bertz CT molecular complexity index is 1300. The van der Waals surface area contributed by atoms with Gasteiger partial charge in [0, 0.05) is 10.9 Å². The first-order valence-electron chi connectivity index (χ1n) is 8.35. The van der Waals surface area contributed by atoms with E-state index in [-0.39, 0.29) is 0 Å². The molecule has 0 aliphatic heterocycles. The van der Waals surface area contributed by atoms with Gasteiger partial charge in [-0.1, -0.05) is 24.3 Å². The number of aryl methyl sites for hydroxylation is 2. The number of benzene rings is 2. The smallest absolute Gasteiger partial charge is 0.297 e. The Morgan fingerprint density at radius 1 is 1.00 bits per heavy atom. The molecule has 0 amide bonds. The molecule has 4 nitrogen and oxygen atoms in total. The Labute approximate surface area is 144 Å². The summed E-state index contributed by atoms with van der Waals surface area (Å²) >= 11 is 0. The van der Waals surface area contributed by atoms with Gasteiger partial charge in [0.15, 0.2) is 11.0 Å². The lowest BCUT2D eigenvalue weighted by Gasteiger charge is -2.09. The summed E-state index contributed by atoms with van der Waals surface area (Å²) in [5.74, 6) is 0.815. The van der Waals surface area contributed by atoms with Crippen LogP contribution in [0.5, 0.6) is 5.75 Å². The molecule has 2 aromatic carbocycles. The van der Waals surface area contributed by atoms with Crippen molar-refractivity contribution in [3.05, 3.63) is 60.3 Å². The van der Waals surface area contributed by atoms with Crippen molar-refractivity contribution in [2.24, 2.45) is 7.05 Å². The molecule has 0 radical (unpaired) electrons. The lowest BCUT2D eigenvalue weighted by Crippen LogP contribution is -2.27. The summed E-state index contributed by atoms with van der Waals surface area (Å²) in [5, 5.41) is 2.29. The van der Waals surface area contributed by atoms with Crippen molar-refractivity contribution in [3.63, 3.8) is 0 Å². The molecule has 5 rings (SSSR count). The van der Waals surface area contributed by atoms with Crippen LogP contribution in [0.25, 0.3) is 38.5 Å². The van der Waals surface area contributed by atoms with E-state index in [4.69, 9.17) is 9.72 Å². The van der Waals surface area contributed by atoms with E-state index in [1.807, 2.05) is 6.20 Å². The molecule has 0 bridgehead atoms. The van der Waals surface area contributed by atoms with Gasteiger partial charge < -0.3 is 4.74 Å². The predicted molar refractivity (Wildman–Crippen MR) is 100 cm³/mol. The van der Waals surface area contributed by atoms with Crippen molar-refractivity contribution in [2.75, 3.05) is 7.11 Å². The lowest BCUT2D eigenvalue weighted by molar-refractivity contribution is -0.617. The Balaban J connectivity index is 2.24. The van der Waals surface area contributed by atoms with Crippen LogP contribution in [0.15, 0.2) is 54.7 Å². The van der Waals surface area contributed by atoms with E-state index in [0.29, 0.717) is 0 Å². The first-order valence-corrected chi connectivity index (χ1v) is 8.35. The molecule has 5 aromatic rings. The van der Waals surface area contributed by atoms with Crippen LogP contribution in [-0.2, 0) is 7.05 Å². The van der Waals surface area contributed by atoms with Gasteiger partial charge in [-0.25, -0.2) is 4.57 Å². The molecule has 0 fully saturated rings. The molecule has 0 spiro atoms. The largest absolute Gasteiger partial charge is 0.495 e. The lowest BCUT2D eigenvalue weighted by atomic mass is 10.1. The van der Waals surface area contributed by atoms with Crippen LogP contribution in [0.2, 0.25) is 0 Å². The Hall–Kier alpha value is -3.14. The molecule has 0 saturated carbocycles. The summed E-state index contributed by atoms with van der Waals surface area (Å²) in [4.78, 5) is 4.75. The monoisotopic (exact) mass is 328 g/mol. The molecule has 4 heteroatoms. The fourth-order valence-corrected chi connectivity index (χ4v) is 3.98. The van der Waals surface area contributed by atoms with Crippen molar-refractivity contribution < 1.29 is 9.30 Å². The Morgan fingerprint density at radius 3 is 2.52 bits per heavy atom. The quantitative estimate of drug-likeness (QED) is 0.345. The van der Waals surface area contributed by atoms with Gasteiger partial charge in [0.1, 0.15) is 11.3 Å². The van der Waals surface area contributed by atoms with Crippen LogP contribution in [0.1, 0.15) is 5.56 Å². The number of rotatable bonds is 1. The number of pyridine rings is 2. The molecule has 3 heterocycles. The van der Waals surface area contributed by atoms with E-state index in [9.17, 15) is 0 Å². The summed E-state index contributed by atoms with van der Waals surface area (Å²) in [6.45, 7) is 2.11. The Morgan fingerprint density at radius 2 is 1.72 bits per heavy atom. The molecular formula is C21H18N3O+. The molecule has 0 N–H and O–H groups in total. The summed E-state index contributed by atoms with van der Waals surface area (Å²) in [6, 6.07) is 17.0. The number of aromatic nitrogens is 3. The second kappa shape index (κ2) is 4.93. The summed E-state index contributed by atoms with van der Waals surface area (Å²) in [7, 11) is 3.81. The zero-order chi connectivity index (χ0) is 17.1. The fraction of sp³-hybridized carbons (Fsp3) is 0.143. The number of hydrogen-bond donors (Lipinski definition) is 0. The van der Waals surface area contributed by atoms with Gasteiger partial charge in [0.2, 0.25) is 0 Å². The molecule has 0 aliphatic rings. The number of nitrogens with zero attached hydrogens (tertiary/aromatic N) is 3. The maximum atomic E-state index is 5.55. The third-order valence-electron chi connectivity index (χ3n) is 5.15. The number of methoxy groups -OCH3 is 1. The number of ether oxygens (including phenoxy) is 1. The van der Waals surface area contributed by atoms with Crippen LogP contribution in [0, 0.1) is 6.92 Å². The van der Waals surface area contributed by atoms with Crippen LogP contribution < -0.4 is 9.30 Å². The van der Waals surface area contributed by atoms with Gasteiger partial charge in [-0.3, -0.25) is 4.98 Å². The van der Waals surface area contributed by atoms with Crippen molar-refractivity contribution in [1.82, 2.24) is 9.38 Å². The maximum Gasteiger partial charge on any atom is 0.297 e. The van der Waals surface area contributed by atoms with Crippen LogP contribution in [-0.4, -0.2) is 16.5 Å². The van der Waals surface area contributed by atoms with Crippen LogP contribution in [0.3, 0.4) is 0 Å². The minimum absolute atomic E-state index is 0.815. The molecule has 0 atom stereocenters. The van der Waals surface area contributed by atoms with Gasteiger partial charge in [-0.2, -0.15) is 4.40 Å². The van der Waals surface area contributed by atoms with Crippen LogP contribution >= 0.6 is 0 Å². The zero-order valence-electron chi connectivity index (χ0n) is 14.4. The second-order valence-corrected chi connectivity index (χ2v) is 6.40. The molecule has 0 aliphatic carbocycles. The first-order chi connectivity index (χ1) is 12.2. The number of hydrogen-bond acceptors (Lipinski definition) is 2.